The van der Waals surface area contributed by atoms with Gasteiger partial charge in [0, 0.05) is 29.2 Å². The summed E-state index contributed by atoms with van der Waals surface area (Å²) >= 11 is 6.14. The third kappa shape index (κ3) is 2.70. The molecule has 7 heteroatoms. The average molecular weight is 354 g/mol. The molecule has 1 aromatic carbocycles. The van der Waals surface area contributed by atoms with E-state index >= 15 is 0 Å². The molecule has 0 fully saturated rings. The van der Waals surface area contributed by atoms with E-state index in [1.165, 1.54) is 12.1 Å². The van der Waals surface area contributed by atoms with Crippen molar-refractivity contribution in [3.8, 4) is 22.5 Å². The van der Waals surface area contributed by atoms with Gasteiger partial charge >= 0.3 is 0 Å². The lowest BCUT2D eigenvalue weighted by Crippen LogP contribution is -2.04. The number of hydrogen-bond acceptors (Lipinski definition) is 4. The minimum atomic E-state index is -0.349. The van der Waals surface area contributed by atoms with Gasteiger partial charge in [0.25, 0.3) is 0 Å². The Balaban J connectivity index is 2.12. The summed E-state index contributed by atoms with van der Waals surface area (Å²) in [6.45, 7) is 1.85. The Labute approximate surface area is 147 Å². The molecular formula is C18H13ClFN5. The van der Waals surface area contributed by atoms with Gasteiger partial charge in [-0.1, -0.05) is 23.7 Å². The standard InChI is InChI=1S/C18H13ClFN5/c1-10-7-12(9-14(19)23-10)16-15(11-3-2-4-13(20)8-11)24-17(21)18-22-5-6-25(16)18/h2-9H,1H3,(H2,21,24). The Morgan fingerprint density at radius 1 is 1.12 bits per heavy atom. The highest BCUT2D eigenvalue weighted by Gasteiger charge is 2.18. The van der Waals surface area contributed by atoms with Crippen LogP contribution in [0.2, 0.25) is 5.15 Å². The number of benzene rings is 1. The first-order valence-electron chi connectivity index (χ1n) is 7.56. The van der Waals surface area contributed by atoms with E-state index in [9.17, 15) is 4.39 Å². The minimum absolute atomic E-state index is 0.268. The Morgan fingerprint density at radius 3 is 2.72 bits per heavy atom. The molecular weight excluding hydrogens is 341 g/mol. The molecule has 0 aliphatic rings. The third-order valence-corrected chi connectivity index (χ3v) is 4.05. The van der Waals surface area contributed by atoms with E-state index in [-0.39, 0.29) is 11.6 Å². The van der Waals surface area contributed by atoms with E-state index in [2.05, 4.69) is 15.0 Å². The largest absolute Gasteiger partial charge is 0.381 e. The van der Waals surface area contributed by atoms with Gasteiger partial charge in [0.1, 0.15) is 11.0 Å². The number of halogens is 2. The molecule has 0 saturated carbocycles. The van der Waals surface area contributed by atoms with Crippen LogP contribution in [-0.4, -0.2) is 19.4 Å². The fraction of sp³-hybridized carbons (Fsp3) is 0.0556. The highest BCUT2D eigenvalue weighted by molar-refractivity contribution is 6.29. The molecule has 0 atom stereocenters. The number of nitrogens with zero attached hydrogens (tertiary/aromatic N) is 4. The summed E-state index contributed by atoms with van der Waals surface area (Å²) in [5, 5.41) is 0.366. The SMILES string of the molecule is Cc1cc(-c2c(-c3cccc(F)c3)nc(N)c3nccn23)cc(Cl)n1. The van der Waals surface area contributed by atoms with Crippen LogP contribution in [0, 0.1) is 12.7 Å². The Morgan fingerprint density at radius 2 is 1.96 bits per heavy atom. The summed E-state index contributed by atoms with van der Waals surface area (Å²) in [6, 6.07) is 9.85. The van der Waals surface area contributed by atoms with Crippen molar-refractivity contribution in [3.05, 3.63) is 65.5 Å². The van der Waals surface area contributed by atoms with Crippen molar-refractivity contribution in [2.45, 2.75) is 6.92 Å². The molecule has 5 nitrogen and oxygen atoms in total. The van der Waals surface area contributed by atoms with Crippen LogP contribution >= 0.6 is 11.6 Å². The fourth-order valence-electron chi connectivity index (χ4n) is 2.89. The van der Waals surface area contributed by atoms with Crippen LogP contribution in [0.5, 0.6) is 0 Å². The van der Waals surface area contributed by atoms with Crippen LogP contribution in [0.1, 0.15) is 5.69 Å². The van der Waals surface area contributed by atoms with Crippen LogP contribution in [0.15, 0.2) is 48.8 Å². The maximum atomic E-state index is 13.8. The highest BCUT2D eigenvalue weighted by atomic mass is 35.5. The van der Waals surface area contributed by atoms with Gasteiger partial charge in [0.15, 0.2) is 11.5 Å². The van der Waals surface area contributed by atoms with Gasteiger partial charge in [-0.15, -0.1) is 0 Å². The molecule has 4 rings (SSSR count). The number of nitrogen functional groups attached to an aromatic ring is 1. The molecule has 25 heavy (non-hydrogen) atoms. The smallest absolute Gasteiger partial charge is 0.180 e. The molecule has 2 N–H and O–H groups in total. The average Bonchev–Trinajstić information content (AvgIpc) is 3.03. The van der Waals surface area contributed by atoms with Crippen LogP contribution in [0.25, 0.3) is 28.2 Å². The molecule has 0 radical (unpaired) electrons. The van der Waals surface area contributed by atoms with Crippen molar-refractivity contribution in [2.75, 3.05) is 5.73 Å². The molecule has 0 unspecified atom stereocenters. The first-order chi connectivity index (χ1) is 12.0. The summed E-state index contributed by atoms with van der Waals surface area (Å²) in [7, 11) is 0. The predicted octanol–water partition coefficient (Wildman–Crippen LogP) is 4.14. The number of nitrogens with two attached hydrogens (primary N) is 1. The summed E-state index contributed by atoms with van der Waals surface area (Å²) in [5.41, 5.74) is 10.0. The third-order valence-electron chi connectivity index (χ3n) is 3.86. The number of pyridine rings is 1. The maximum Gasteiger partial charge on any atom is 0.180 e. The normalized spacial score (nSPS) is 11.2. The lowest BCUT2D eigenvalue weighted by atomic mass is 10.0. The molecule has 0 saturated heterocycles. The number of hydrogen-bond donors (Lipinski definition) is 1. The molecule has 3 aromatic heterocycles. The van der Waals surface area contributed by atoms with Gasteiger partial charge in [-0.3, -0.25) is 4.40 Å². The Hall–Kier alpha value is -2.99. The van der Waals surface area contributed by atoms with Crippen molar-refractivity contribution >= 4 is 23.1 Å². The lowest BCUT2D eigenvalue weighted by Gasteiger charge is -2.14. The van der Waals surface area contributed by atoms with E-state index in [0.717, 1.165) is 17.0 Å². The van der Waals surface area contributed by atoms with Crippen molar-refractivity contribution in [2.24, 2.45) is 0 Å². The molecule has 0 aliphatic heterocycles. The van der Waals surface area contributed by atoms with Gasteiger partial charge in [-0.2, -0.15) is 0 Å². The fourth-order valence-corrected chi connectivity index (χ4v) is 3.14. The van der Waals surface area contributed by atoms with Crippen molar-refractivity contribution in [1.82, 2.24) is 19.4 Å². The Kier molecular flexibility index (Phi) is 3.62. The maximum absolute atomic E-state index is 13.8. The number of rotatable bonds is 2. The van der Waals surface area contributed by atoms with Gasteiger partial charge in [-0.05, 0) is 31.2 Å². The molecule has 124 valence electrons. The van der Waals surface area contributed by atoms with Crippen molar-refractivity contribution in [1.29, 1.82) is 0 Å². The van der Waals surface area contributed by atoms with Crippen LogP contribution in [-0.2, 0) is 0 Å². The predicted molar refractivity (Wildman–Crippen MR) is 95.8 cm³/mol. The number of aryl methyl sites for hydroxylation is 1. The van der Waals surface area contributed by atoms with Gasteiger partial charge in [-0.25, -0.2) is 19.3 Å². The van der Waals surface area contributed by atoms with Crippen LogP contribution in [0.3, 0.4) is 0 Å². The zero-order valence-corrected chi connectivity index (χ0v) is 14.0. The Bertz CT molecular complexity index is 1090. The second-order valence-corrected chi connectivity index (χ2v) is 6.03. The van der Waals surface area contributed by atoms with E-state index < -0.39 is 0 Å². The van der Waals surface area contributed by atoms with Crippen LogP contribution < -0.4 is 5.73 Å². The second kappa shape index (κ2) is 5.82. The summed E-state index contributed by atoms with van der Waals surface area (Å²) in [6.07, 6.45) is 3.43. The van der Waals surface area contributed by atoms with Crippen molar-refractivity contribution in [3.63, 3.8) is 0 Å². The summed E-state index contributed by atoms with van der Waals surface area (Å²) < 4.78 is 15.6. The quantitative estimate of drug-likeness (QED) is 0.550. The van der Waals surface area contributed by atoms with E-state index in [1.54, 1.807) is 30.6 Å². The van der Waals surface area contributed by atoms with E-state index in [0.29, 0.717) is 22.1 Å². The number of aromatic nitrogens is 4. The highest BCUT2D eigenvalue weighted by Crippen LogP contribution is 2.34. The summed E-state index contributed by atoms with van der Waals surface area (Å²) in [5.74, 6) is -0.0802. The first-order valence-corrected chi connectivity index (χ1v) is 7.94. The topological polar surface area (TPSA) is 69.1 Å². The second-order valence-electron chi connectivity index (χ2n) is 5.65. The van der Waals surface area contributed by atoms with Gasteiger partial charge in [0.2, 0.25) is 0 Å². The molecule has 0 aliphatic carbocycles. The summed E-state index contributed by atoms with van der Waals surface area (Å²) in [4.78, 5) is 12.9. The van der Waals surface area contributed by atoms with Crippen LogP contribution in [0.4, 0.5) is 10.2 Å². The molecule has 0 bridgehead atoms. The van der Waals surface area contributed by atoms with E-state index in [1.807, 2.05) is 17.4 Å². The monoisotopic (exact) mass is 353 g/mol. The van der Waals surface area contributed by atoms with Gasteiger partial charge in [0.05, 0.1) is 11.4 Å². The zero-order chi connectivity index (χ0) is 17.6. The number of fused-ring (bicyclic) bond motifs is 1. The molecule has 0 amide bonds. The number of imidazole rings is 1. The zero-order valence-electron chi connectivity index (χ0n) is 13.2. The van der Waals surface area contributed by atoms with Gasteiger partial charge < -0.3 is 5.73 Å². The lowest BCUT2D eigenvalue weighted by molar-refractivity contribution is 0.628. The van der Waals surface area contributed by atoms with E-state index in [4.69, 9.17) is 17.3 Å². The molecule has 4 aromatic rings. The molecule has 3 heterocycles. The minimum Gasteiger partial charge on any atom is -0.381 e. The molecule has 0 spiro atoms. The number of anilines is 1. The van der Waals surface area contributed by atoms with Crippen molar-refractivity contribution < 1.29 is 4.39 Å². The first kappa shape index (κ1) is 15.5.